The summed E-state index contributed by atoms with van der Waals surface area (Å²) in [5.74, 6) is -6.24. The summed E-state index contributed by atoms with van der Waals surface area (Å²) >= 11 is 5.00. The lowest BCUT2D eigenvalue weighted by molar-refractivity contribution is -0.132. The van der Waals surface area contributed by atoms with E-state index in [4.69, 9.17) is 11.6 Å². The van der Waals surface area contributed by atoms with Gasteiger partial charge in [-0.05, 0) is 61.9 Å². The van der Waals surface area contributed by atoms with Crippen LogP contribution in [0.2, 0.25) is 0 Å². The highest BCUT2D eigenvalue weighted by molar-refractivity contribution is 8.00. The number of hydrogen-bond acceptors (Lipinski definition) is 4. The Morgan fingerprint density at radius 1 is 1.16 bits per heavy atom. The number of alkyl halides is 7. The number of pyridine rings is 1. The number of rotatable bonds is 7. The third kappa shape index (κ3) is 7.07. The molecule has 1 aliphatic rings. The molecule has 0 aliphatic heterocycles. The molecule has 1 heterocycles. The topological polar surface area (TPSA) is 62.3 Å². The molecule has 0 radical (unpaired) electrons. The second-order valence-electron chi connectivity index (χ2n) is 8.58. The molecular weight excluding hydrogens is 551 g/mol. The molecule has 1 aliphatic carbocycles. The van der Waals surface area contributed by atoms with Gasteiger partial charge in [0.25, 0.3) is 17.4 Å². The number of carbonyl (C=O) groups excluding carboxylic acids is 2. The molecule has 0 unspecified atom stereocenters. The van der Waals surface area contributed by atoms with Gasteiger partial charge in [-0.1, -0.05) is 11.6 Å². The van der Waals surface area contributed by atoms with Gasteiger partial charge in [-0.3, -0.25) is 19.5 Å². The summed E-state index contributed by atoms with van der Waals surface area (Å²) in [6.07, 6.45) is 0.702. The first-order valence-electron chi connectivity index (χ1n) is 10.9. The van der Waals surface area contributed by atoms with Crippen molar-refractivity contribution < 1.29 is 40.3 Å². The molecular formula is C23H21ClF7N3O2S. The standard InChI is InChI=1S/C23H21ClF7N3O2S/c1-21(13-10-14(25)12-32-11-13,20(36)33-15-6-8-22(27,28)9-7-15)34(19(35)18(24)26)16-2-4-17(5-3-16)37-23(29,30)31/h2-5,10-12,15,18H,6-9H2,1H3,(H,33,36)/t18-,21-/m0/s1. The van der Waals surface area contributed by atoms with Crippen LogP contribution < -0.4 is 10.2 Å². The quantitative estimate of drug-likeness (QED) is 0.240. The van der Waals surface area contributed by atoms with Crippen molar-refractivity contribution in [2.75, 3.05) is 4.90 Å². The molecule has 2 aromatic rings. The minimum absolute atomic E-state index is 0.0885. The molecule has 202 valence electrons. The zero-order chi connectivity index (χ0) is 27.6. The van der Waals surface area contributed by atoms with Gasteiger partial charge in [-0.15, -0.1) is 0 Å². The van der Waals surface area contributed by atoms with Crippen molar-refractivity contribution in [1.82, 2.24) is 10.3 Å². The summed E-state index contributed by atoms with van der Waals surface area (Å²) in [5, 5.41) is 2.57. The zero-order valence-electron chi connectivity index (χ0n) is 19.2. The minimum Gasteiger partial charge on any atom is -0.351 e. The van der Waals surface area contributed by atoms with Gasteiger partial charge in [0.2, 0.25) is 5.92 Å². The highest BCUT2D eigenvalue weighted by atomic mass is 35.5. The fraction of sp³-hybridized carbons (Fsp3) is 0.435. The Kier molecular flexibility index (Phi) is 8.68. The molecule has 0 spiro atoms. The second-order valence-corrected chi connectivity index (χ2v) is 10.1. The Bertz CT molecular complexity index is 1120. The van der Waals surface area contributed by atoms with Crippen LogP contribution in [-0.2, 0) is 15.1 Å². The lowest BCUT2D eigenvalue weighted by atomic mass is 9.87. The normalized spacial score (nSPS) is 18.5. The Morgan fingerprint density at radius 2 is 1.76 bits per heavy atom. The fourth-order valence-corrected chi connectivity index (χ4v) is 4.69. The first-order valence-corrected chi connectivity index (χ1v) is 12.2. The van der Waals surface area contributed by atoms with Crippen LogP contribution in [0, 0.1) is 5.82 Å². The summed E-state index contributed by atoms with van der Waals surface area (Å²) in [4.78, 5) is 30.6. The van der Waals surface area contributed by atoms with E-state index in [0.29, 0.717) is 4.90 Å². The molecule has 1 aromatic heterocycles. The van der Waals surface area contributed by atoms with E-state index in [2.05, 4.69) is 10.3 Å². The summed E-state index contributed by atoms with van der Waals surface area (Å²) in [6.45, 7) is 1.14. The summed E-state index contributed by atoms with van der Waals surface area (Å²) in [7, 11) is 0. The number of anilines is 1. The van der Waals surface area contributed by atoms with Crippen LogP contribution in [0.25, 0.3) is 0 Å². The Balaban J connectivity index is 2.08. The van der Waals surface area contributed by atoms with Crippen molar-refractivity contribution in [2.45, 2.75) is 66.1 Å². The van der Waals surface area contributed by atoms with E-state index >= 15 is 0 Å². The molecule has 14 heteroatoms. The van der Waals surface area contributed by atoms with Crippen molar-refractivity contribution in [3.8, 4) is 0 Å². The fourth-order valence-electron chi connectivity index (χ4n) is 4.05. The highest BCUT2D eigenvalue weighted by Crippen LogP contribution is 2.40. The Labute approximate surface area is 216 Å². The minimum atomic E-state index is -4.60. The molecule has 5 nitrogen and oxygen atoms in total. The van der Waals surface area contributed by atoms with Crippen LogP contribution in [0.4, 0.5) is 36.4 Å². The van der Waals surface area contributed by atoms with Gasteiger partial charge < -0.3 is 5.32 Å². The van der Waals surface area contributed by atoms with Gasteiger partial charge in [0.15, 0.2) is 5.54 Å². The van der Waals surface area contributed by atoms with Gasteiger partial charge in [0.05, 0.1) is 6.20 Å². The molecule has 3 rings (SSSR count). The molecule has 1 saturated carbocycles. The Hall–Kier alpha value is -2.54. The van der Waals surface area contributed by atoms with E-state index < -0.39 is 70.9 Å². The third-order valence-corrected chi connectivity index (χ3v) is 6.87. The number of halogens is 8. The summed E-state index contributed by atoms with van der Waals surface area (Å²) < 4.78 is 93.8. The van der Waals surface area contributed by atoms with Crippen molar-refractivity contribution in [3.05, 3.63) is 54.1 Å². The van der Waals surface area contributed by atoms with Gasteiger partial charge in [0, 0.05) is 41.2 Å². The van der Waals surface area contributed by atoms with Crippen LogP contribution >= 0.6 is 23.4 Å². The molecule has 0 saturated heterocycles. The largest absolute Gasteiger partial charge is 0.446 e. The monoisotopic (exact) mass is 571 g/mol. The van der Waals surface area contributed by atoms with Crippen LogP contribution in [0.3, 0.4) is 0 Å². The predicted molar refractivity (Wildman–Crippen MR) is 123 cm³/mol. The van der Waals surface area contributed by atoms with E-state index in [1.807, 2.05) is 0 Å². The maximum atomic E-state index is 14.2. The predicted octanol–water partition coefficient (Wildman–Crippen LogP) is 6.31. The smallest absolute Gasteiger partial charge is 0.351 e. The third-order valence-electron chi connectivity index (χ3n) is 5.94. The number of aromatic nitrogens is 1. The maximum Gasteiger partial charge on any atom is 0.446 e. The van der Waals surface area contributed by atoms with Crippen molar-refractivity contribution in [1.29, 1.82) is 0 Å². The molecule has 1 N–H and O–H groups in total. The van der Waals surface area contributed by atoms with E-state index in [1.165, 1.54) is 0 Å². The van der Waals surface area contributed by atoms with Gasteiger partial charge in [-0.2, -0.15) is 13.2 Å². The average Bonchev–Trinajstić information content (AvgIpc) is 2.80. The SMILES string of the molecule is C[C@@](C(=O)NC1CCC(F)(F)CC1)(c1cncc(F)c1)N(C(=O)[C@H](F)Cl)c1ccc(SC(F)(F)F)cc1. The van der Waals surface area contributed by atoms with Gasteiger partial charge in [0.1, 0.15) is 5.82 Å². The van der Waals surface area contributed by atoms with Crippen molar-refractivity contribution >= 4 is 40.9 Å². The number of amides is 2. The molecule has 1 aromatic carbocycles. The molecule has 1 fully saturated rings. The lowest BCUT2D eigenvalue weighted by Crippen LogP contribution is -2.60. The number of nitrogens with zero attached hydrogens (tertiary/aromatic N) is 2. The van der Waals surface area contributed by atoms with Crippen molar-refractivity contribution in [3.63, 3.8) is 0 Å². The number of hydrogen-bond donors (Lipinski definition) is 1. The molecule has 0 bridgehead atoms. The van der Waals surface area contributed by atoms with Crippen molar-refractivity contribution in [2.24, 2.45) is 0 Å². The number of carbonyl (C=O) groups is 2. The zero-order valence-corrected chi connectivity index (χ0v) is 20.7. The van der Waals surface area contributed by atoms with Gasteiger partial charge >= 0.3 is 5.51 Å². The summed E-state index contributed by atoms with van der Waals surface area (Å²) in [5.41, 5.74) is -9.96. The summed E-state index contributed by atoms with van der Waals surface area (Å²) in [6, 6.07) is 4.24. The molecule has 2 atom stereocenters. The molecule has 37 heavy (non-hydrogen) atoms. The highest BCUT2D eigenvalue weighted by Gasteiger charge is 2.48. The second kappa shape index (κ2) is 11.1. The maximum absolute atomic E-state index is 14.2. The van der Waals surface area contributed by atoms with Gasteiger partial charge in [-0.25, -0.2) is 17.6 Å². The van der Waals surface area contributed by atoms with Crippen LogP contribution in [-0.4, -0.2) is 39.9 Å². The Morgan fingerprint density at radius 3 is 2.27 bits per heavy atom. The van der Waals surface area contributed by atoms with Crippen LogP contribution in [0.15, 0.2) is 47.6 Å². The van der Waals surface area contributed by atoms with E-state index in [-0.39, 0.29) is 29.0 Å². The molecule has 2 amide bonds. The van der Waals surface area contributed by atoms with E-state index in [0.717, 1.165) is 49.6 Å². The lowest BCUT2D eigenvalue weighted by Gasteiger charge is -2.41. The first-order chi connectivity index (χ1) is 17.1. The number of nitrogens with one attached hydrogen (secondary N) is 1. The number of thioether (sulfide) groups is 1. The van der Waals surface area contributed by atoms with E-state index in [9.17, 15) is 40.3 Å². The average molecular weight is 572 g/mol. The number of benzene rings is 1. The van der Waals surface area contributed by atoms with Crippen LogP contribution in [0.1, 0.15) is 38.2 Å². The van der Waals surface area contributed by atoms with Crippen LogP contribution in [0.5, 0.6) is 0 Å². The van der Waals surface area contributed by atoms with E-state index in [1.54, 1.807) is 0 Å². The first kappa shape index (κ1) is 29.0.